The highest BCUT2D eigenvalue weighted by molar-refractivity contribution is 6.31. The summed E-state index contributed by atoms with van der Waals surface area (Å²) in [5, 5.41) is 3.80. The van der Waals surface area contributed by atoms with Gasteiger partial charge in [0.1, 0.15) is 17.9 Å². The Morgan fingerprint density at radius 2 is 2.21 bits per heavy atom. The number of nitrogens with one attached hydrogen (secondary N) is 1. The molecule has 6 heteroatoms. The first kappa shape index (κ1) is 16.1. The smallest absolute Gasteiger partial charge is 0.323 e. The summed E-state index contributed by atoms with van der Waals surface area (Å²) in [7, 11) is 1.39. The Kier molecular flexibility index (Phi) is 5.91. The Morgan fingerprint density at radius 3 is 2.84 bits per heavy atom. The van der Waals surface area contributed by atoms with E-state index in [-0.39, 0.29) is 30.5 Å². The second-order valence-electron chi connectivity index (χ2n) is 4.37. The zero-order valence-corrected chi connectivity index (χ0v) is 12.4. The van der Waals surface area contributed by atoms with Crippen LogP contribution in [0.15, 0.2) is 18.2 Å². The van der Waals surface area contributed by atoms with E-state index in [1.807, 2.05) is 25.1 Å². The SMILES string of the molecule is COC(=O)[C@@H]1C[C@H](Oc2ccc(Cl)c(C)c2)CN1.Cl. The van der Waals surface area contributed by atoms with Crippen LogP contribution in [0.2, 0.25) is 5.02 Å². The summed E-state index contributed by atoms with van der Waals surface area (Å²) in [6.45, 7) is 2.57. The van der Waals surface area contributed by atoms with Crippen molar-refractivity contribution < 1.29 is 14.3 Å². The predicted octanol–water partition coefficient (Wildman–Crippen LogP) is 2.35. The lowest BCUT2D eigenvalue weighted by molar-refractivity contribution is -0.142. The standard InChI is InChI=1S/C13H16ClNO3.ClH/c1-8-5-9(3-4-11(8)14)18-10-6-12(15-7-10)13(16)17-2;/h3-5,10,12,15H,6-7H2,1-2H3;1H/t10-,12-;/m0./s1. The van der Waals surface area contributed by atoms with Gasteiger partial charge in [-0.1, -0.05) is 11.6 Å². The highest BCUT2D eigenvalue weighted by Gasteiger charge is 2.31. The minimum atomic E-state index is -0.270. The third-order valence-corrected chi connectivity index (χ3v) is 3.43. The van der Waals surface area contributed by atoms with Gasteiger partial charge < -0.3 is 14.8 Å². The molecule has 2 rings (SSSR count). The average Bonchev–Trinajstić information content (AvgIpc) is 2.81. The van der Waals surface area contributed by atoms with Crippen LogP contribution < -0.4 is 10.1 Å². The number of carbonyl (C=O) groups is 1. The van der Waals surface area contributed by atoms with Crippen LogP contribution in [0.3, 0.4) is 0 Å². The number of halogens is 2. The van der Waals surface area contributed by atoms with Gasteiger partial charge in [-0.25, -0.2) is 0 Å². The summed E-state index contributed by atoms with van der Waals surface area (Å²) in [4.78, 5) is 11.4. The lowest BCUT2D eigenvalue weighted by atomic mass is 10.2. The van der Waals surface area contributed by atoms with E-state index in [1.165, 1.54) is 7.11 Å². The van der Waals surface area contributed by atoms with Crippen LogP contribution in [0.4, 0.5) is 0 Å². The Balaban J connectivity index is 0.00000180. The van der Waals surface area contributed by atoms with Gasteiger partial charge in [-0.05, 0) is 30.7 Å². The maximum atomic E-state index is 11.4. The lowest BCUT2D eigenvalue weighted by Gasteiger charge is -2.13. The molecule has 0 spiro atoms. The van der Waals surface area contributed by atoms with Gasteiger partial charge >= 0.3 is 5.97 Å². The van der Waals surface area contributed by atoms with Gasteiger partial charge in [0.25, 0.3) is 0 Å². The quantitative estimate of drug-likeness (QED) is 0.871. The van der Waals surface area contributed by atoms with E-state index in [1.54, 1.807) is 0 Å². The zero-order valence-electron chi connectivity index (χ0n) is 10.8. The molecule has 0 unspecified atom stereocenters. The van der Waals surface area contributed by atoms with Gasteiger partial charge in [0.05, 0.1) is 7.11 Å². The molecule has 0 amide bonds. The van der Waals surface area contributed by atoms with Crippen molar-refractivity contribution >= 4 is 30.0 Å². The van der Waals surface area contributed by atoms with E-state index in [0.717, 1.165) is 16.3 Å². The molecule has 2 atom stereocenters. The molecule has 1 saturated heterocycles. The first-order valence-corrected chi connectivity index (χ1v) is 6.22. The lowest BCUT2D eigenvalue weighted by Crippen LogP contribution is -2.31. The van der Waals surface area contributed by atoms with Gasteiger partial charge in [0.15, 0.2) is 0 Å². The third-order valence-electron chi connectivity index (χ3n) is 3.01. The molecule has 1 N–H and O–H groups in total. The topological polar surface area (TPSA) is 47.6 Å². The normalized spacial score (nSPS) is 21.6. The maximum absolute atomic E-state index is 11.4. The Bertz CT molecular complexity index is 454. The van der Waals surface area contributed by atoms with Crippen LogP contribution in [0.1, 0.15) is 12.0 Å². The Hall–Kier alpha value is -0.970. The maximum Gasteiger partial charge on any atom is 0.323 e. The van der Waals surface area contributed by atoms with Crippen LogP contribution in [0.5, 0.6) is 5.75 Å². The molecule has 0 radical (unpaired) electrons. The molecule has 0 aliphatic carbocycles. The summed E-state index contributed by atoms with van der Waals surface area (Å²) in [6, 6.07) is 5.27. The van der Waals surface area contributed by atoms with Gasteiger partial charge in [0.2, 0.25) is 0 Å². The van der Waals surface area contributed by atoms with Crippen molar-refractivity contribution in [2.45, 2.75) is 25.5 Å². The van der Waals surface area contributed by atoms with Crippen molar-refractivity contribution in [3.8, 4) is 5.75 Å². The second kappa shape index (κ2) is 6.98. The second-order valence-corrected chi connectivity index (χ2v) is 4.78. The van der Waals surface area contributed by atoms with Crippen LogP contribution >= 0.6 is 24.0 Å². The number of rotatable bonds is 3. The molecule has 19 heavy (non-hydrogen) atoms. The molecule has 1 aromatic rings. The highest BCUT2D eigenvalue weighted by Crippen LogP contribution is 2.23. The van der Waals surface area contributed by atoms with Crippen molar-refractivity contribution in [3.63, 3.8) is 0 Å². The number of hydrogen-bond donors (Lipinski definition) is 1. The van der Waals surface area contributed by atoms with Crippen LogP contribution in [0.25, 0.3) is 0 Å². The molecule has 0 saturated carbocycles. The highest BCUT2D eigenvalue weighted by atomic mass is 35.5. The minimum Gasteiger partial charge on any atom is -0.489 e. The number of methoxy groups -OCH3 is 1. The van der Waals surface area contributed by atoms with Crippen molar-refractivity contribution in [1.29, 1.82) is 0 Å². The molecular weight excluding hydrogens is 289 g/mol. The molecule has 1 aliphatic rings. The van der Waals surface area contributed by atoms with E-state index in [2.05, 4.69) is 5.32 Å². The molecule has 1 fully saturated rings. The number of carbonyl (C=O) groups excluding carboxylic acids is 1. The minimum absolute atomic E-state index is 0. The van der Waals surface area contributed by atoms with Gasteiger partial charge in [-0.3, -0.25) is 4.79 Å². The molecule has 0 bridgehead atoms. The molecular formula is C13H17Cl2NO3. The number of ether oxygens (including phenoxy) is 2. The molecule has 4 nitrogen and oxygen atoms in total. The van der Waals surface area contributed by atoms with Crippen molar-refractivity contribution in [2.75, 3.05) is 13.7 Å². The van der Waals surface area contributed by atoms with Crippen molar-refractivity contribution in [2.24, 2.45) is 0 Å². The van der Waals surface area contributed by atoms with Crippen molar-refractivity contribution in [1.82, 2.24) is 5.32 Å². The van der Waals surface area contributed by atoms with Gasteiger partial charge in [-0.2, -0.15) is 0 Å². The van der Waals surface area contributed by atoms with E-state index in [0.29, 0.717) is 13.0 Å². The molecule has 106 valence electrons. The summed E-state index contributed by atoms with van der Waals surface area (Å²) < 4.78 is 10.5. The summed E-state index contributed by atoms with van der Waals surface area (Å²) in [5.41, 5.74) is 0.977. The number of esters is 1. The number of hydrogen-bond acceptors (Lipinski definition) is 4. The van der Waals surface area contributed by atoms with Crippen molar-refractivity contribution in [3.05, 3.63) is 28.8 Å². The number of benzene rings is 1. The van der Waals surface area contributed by atoms with Gasteiger partial charge in [-0.15, -0.1) is 12.4 Å². The first-order chi connectivity index (χ1) is 8.60. The number of aryl methyl sites for hydroxylation is 1. The van der Waals surface area contributed by atoms with E-state index in [9.17, 15) is 4.79 Å². The summed E-state index contributed by atoms with van der Waals surface area (Å²) in [5.74, 6) is 0.530. The predicted molar refractivity (Wildman–Crippen MR) is 76.3 cm³/mol. The van der Waals surface area contributed by atoms with Gasteiger partial charge in [0, 0.05) is 18.0 Å². The van der Waals surface area contributed by atoms with Crippen LogP contribution in [-0.4, -0.2) is 31.8 Å². The largest absolute Gasteiger partial charge is 0.489 e. The Labute approximate surface area is 123 Å². The molecule has 1 aromatic carbocycles. The zero-order chi connectivity index (χ0) is 13.1. The van der Waals surface area contributed by atoms with E-state index in [4.69, 9.17) is 21.1 Å². The average molecular weight is 306 g/mol. The fourth-order valence-electron chi connectivity index (χ4n) is 2.00. The molecule has 1 heterocycles. The Morgan fingerprint density at radius 1 is 1.47 bits per heavy atom. The fourth-order valence-corrected chi connectivity index (χ4v) is 2.12. The summed E-state index contributed by atoms with van der Waals surface area (Å²) >= 11 is 5.95. The van der Waals surface area contributed by atoms with E-state index >= 15 is 0 Å². The molecule has 0 aromatic heterocycles. The van der Waals surface area contributed by atoms with Crippen LogP contribution in [-0.2, 0) is 9.53 Å². The van der Waals surface area contributed by atoms with Crippen LogP contribution in [0, 0.1) is 6.92 Å². The monoisotopic (exact) mass is 305 g/mol. The summed E-state index contributed by atoms with van der Waals surface area (Å²) in [6.07, 6.45) is 0.601. The molecule has 1 aliphatic heterocycles. The van der Waals surface area contributed by atoms with E-state index < -0.39 is 0 Å². The first-order valence-electron chi connectivity index (χ1n) is 5.84. The fraction of sp³-hybridized carbons (Fsp3) is 0.462. The third kappa shape index (κ3) is 4.00.